The molecule has 0 aromatic heterocycles. The maximum absolute atomic E-state index is 9.97. The summed E-state index contributed by atoms with van der Waals surface area (Å²) in [5, 5.41) is 2.96. The molecule has 3 N–H and O–H groups in total. The van der Waals surface area contributed by atoms with Gasteiger partial charge in [0.25, 0.3) is 0 Å². The molecule has 0 aliphatic rings. The fraction of sp³-hybridized carbons (Fsp3) is 0.833. The van der Waals surface area contributed by atoms with Gasteiger partial charge in [-0.1, -0.05) is 0 Å². The van der Waals surface area contributed by atoms with E-state index in [2.05, 4.69) is 5.32 Å². The molecule has 0 heterocycles. The first kappa shape index (κ1) is 8.59. The van der Waals surface area contributed by atoms with E-state index < -0.39 is 0 Å². The first-order valence-electron chi connectivity index (χ1n) is 3.13. The third kappa shape index (κ3) is 4.12. The monoisotopic (exact) mass is 130 g/mol. The van der Waals surface area contributed by atoms with Crippen molar-refractivity contribution in [3.8, 4) is 0 Å². The van der Waals surface area contributed by atoms with Gasteiger partial charge in [-0.15, -0.1) is 0 Å². The fourth-order valence-corrected chi connectivity index (χ4v) is 0.688. The number of nitrogens with one attached hydrogen (secondary N) is 1. The van der Waals surface area contributed by atoms with Crippen LogP contribution in [0.2, 0.25) is 0 Å². The van der Waals surface area contributed by atoms with Crippen LogP contribution in [-0.2, 0) is 4.79 Å². The van der Waals surface area contributed by atoms with Crippen LogP contribution in [0.1, 0.15) is 6.42 Å². The summed E-state index contributed by atoms with van der Waals surface area (Å²) >= 11 is 0. The van der Waals surface area contributed by atoms with Crippen molar-refractivity contribution >= 4 is 6.29 Å². The minimum absolute atomic E-state index is 0.312. The van der Waals surface area contributed by atoms with Gasteiger partial charge in [-0.3, -0.25) is 0 Å². The van der Waals surface area contributed by atoms with Gasteiger partial charge < -0.3 is 15.8 Å². The molecule has 1 unspecified atom stereocenters. The molecule has 0 saturated heterocycles. The molecule has 0 amide bonds. The quantitative estimate of drug-likeness (QED) is 0.487. The van der Waals surface area contributed by atoms with Crippen LogP contribution < -0.4 is 11.1 Å². The molecule has 0 aromatic rings. The molecule has 54 valence electrons. The number of aldehydes is 1. The number of carbonyl (C=O) groups is 1. The first-order chi connectivity index (χ1) is 4.35. The van der Waals surface area contributed by atoms with Crippen LogP contribution >= 0.6 is 0 Å². The Kier molecular flexibility index (Phi) is 5.46. The smallest absolute Gasteiger partial charge is 0.120 e. The minimum atomic E-state index is 0.312. The highest BCUT2D eigenvalue weighted by Gasteiger charge is 2.02. The second-order valence-corrected chi connectivity index (χ2v) is 2.06. The van der Waals surface area contributed by atoms with Gasteiger partial charge in [0.05, 0.1) is 0 Å². The van der Waals surface area contributed by atoms with Gasteiger partial charge in [0.2, 0.25) is 0 Å². The van der Waals surface area contributed by atoms with Crippen molar-refractivity contribution in [1.29, 1.82) is 0 Å². The maximum Gasteiger partial charge on any atom is 0.120 e. The Morgan fingerprint density at radius 2 is 2.44 bits per heavy atom. The Labute approximate surface area is 55.6 Å². The summed E-state index contributed by atoms with van der Waals surface area (Å²) in [6.07, 6.45) is 1.48. The minimum Gasteiger partial charge on any atom is -0.330 e. The number of hydrogen-bond donors (Lipinski definition) is 2. The van der Waals surface area contributed by atoms with Gasteiger partial charge in [0.1, 0.15) is 6.29 Å². The Bertz CT molecular complexity index is 75.5. The molecule has 0 rings (SSSR count). The van der Waals surface area contributed by atoms with E-state index in [1.54, 1.807) is 0 Å². The van der Waals surface area contributed by atoms with Crippen molar-refractivity contribution in [1.82, 2.24) is 5.32 Å². The zero-order valence-electron chi connectivity index (χ0n) is 5.76. The van der Waals surface area contributed by atoms with Crippen LogP contribution in [0.25, 0.3) is 0 Å². The van der Waals surface area contributed by atoms with Gasteiger partial charge in [0.15, 0.2) is 0 Å². The lowest BCUT2D eigenvalue weighted by Gasteiger charge is -2.08. The van der Waals surface area contributed by atoms with Crippen molar-refractivity contribution in [3.05, 3.63) is 0 Å². The standard InChI is InChI=1S/C6H14N2O/c1-8-5-6(4-7)2-3-9/h3,6,8H,2,4-5,7H2,1H3. The van der Waals surface area contributed by atoms with E-state index in [4.69, 9.17) is 5.73 Å². The summed E-state index contributed by atoms with van der Waals surface area (Å²) in [5.41, 5.74) is 5.35. The Morgan fingerprint density at radius 3 is 2.78 bits per heavy atom. The lowest BCUT2D eigenvalue weighted by Crippen LogP contribution is -2.25. The van der Waals surface area contributed by atoms with Gasteiger partial charge >= 0.3 is 0 Å². The summed E-state index contributed by atoms with van der Waals surface area (Å²) in [5.74, 6) is 0.312. The van der Waals surface area contributed by atoms with Gasteiger partial charge in [-0.05, 0) is 26.1 Å². The fourth-order valence-electron chi connectivity index (χ4n) is 0.688. The maximum atomic E-state index is 9.97. The van der Waals surface area contributed by atoms with Crippen molar-refractivity contribution < 1.29 is 4.79 Å². The van der Waals surface area contributed by atoms with Crippen LogP contribution in [0.3, 0.4) is 0 Å². The predicted molar refractivity (Wildman–Crippen MR) is 37.2 cm³/mol. The van der Waals surface area contributed by atoms with Crippen molar-refractivity contribution in [2.75, 3.05) is 20.1 Å². The van der Waals surface area contributed by atoms with Crippen LogP contribution in [0.15, 0.2) is 0 Å². The SMILES string of the molecule is CNCC(CN)CC=O. The highest BCUT2D eigenvalue weighted by Crippen LogP contribution is 1.94. The molecule has 0 saturated carbocycles. The highest BCUT2D eigenvalue weighted by molar-refractivity contribution is 5.49. The molecule has 3 nitrogen and oxygen atoms in total. The zero-order valence-corrected chi connectivity index (χ0v) is 5.76. The van der Waals surface area contributed by atoms with Crippen molar-refractivity contribution in [2.45, 2.75) is 6.42 Å². The molecular formula is C6H14N2O. The molecule has 9 heavy (non-hydrogen) atoms. The molecule has 0 bridgehead atoms. The normalized spacial score (nSPS) is 13.1. The third-order valence-electron chi connectivity index (χ3n) is 1.26. The summed E-state index contributed by atoms with van der Waals surface area (Å²) in [7, 11) is 1.85. The van der Waals surface area contributed by atoms with Gasteiger partial charge in [-0.2, -0.15) is 0 Å². The largest absolute Gasteiger partial charge is 0.330 e. The highest BCUT2D eigenvalue weighted by atomic mass is 16.1. The van der Waals surface area contributed by atoms with Crippen molar-refractivity contribution in [2.24, 2.45) is 11.7 Å². The Balaban J connectivity index is 3.28. The molecule has 0 spiro atoms. The van der Waals surface area contributed by atoms with E-state index in [9.17, 15) is 4.79 Å². The van der Waals surface area contributed by atoms with Crippen LogP contribution in [0.4, 0.5) is 0 Å². The number of hydrogen-bond acceptors (Lipinski definition) is 3. The van der Waals surface area contributed by atoms with E-state index in [0.29, 0.717) is 18.9 Å². The second kappa shape index (κ2) is 5.72. The Hall–Kier alpha value is -0.410. The summed E-state index contributed by atoms with van der Waals surface area (Å²) in [4.78, 5) is 9.97. The molecule has 0 fully saturated rings. The average Bonchev–Trinajstić information content (AvgIpc) is 1.88. The second-order valence-electron chi connectivity index (χ2n) is 2.06. The molecule has 1 atom stereocenters. The van der Waals surface area contributed by atoms with Crippen LogP contribution in [-0.4, -0.2) is 26.4 Å². The molecular weight excluding hydrogens is 116 g/mol. The van der Waals surface area contributed by atoms with Gasteiger partial charge in [-0.25, -0.2) is 0 Å². The molecule has 3 heteroatoms. The van der Waals surface area contributed by atoms with Crippen LogP contribution in [0, 0.1) is 5.92 Å². The lowest BCUT2D eigenvalue weighted by molar-refractivity contribution is -0.108. The van der Waals surface area contributed by atoms with E-state index in [0.717, 1.165) is 12.8 Å². The average molecular weight is 130 g/mol. The Morgan fingerprint density at radius 1 is 1.78 bits per heavy atom. The van der Waals surface area contributed by atoms with E-state index in [1.165, 1.54) is 0 Å². The van der Waals surface area contributed by atoms with Crippen LogP contribution in [0.5, 0.6) is 0 Å². The number of rotatable bonds is 5. The molecule has 0 aliphatic heterocycles. The predicted octanol–water partition coefficient (Wildman–Crippen LogP) is -0.630. The summed E-state index contributed by atoms with van der Waals surface area (Å²) in [6, 6.07) is 0. The van der Waals surface area contributed by atoms with Gasteiger partial charge in [0, 0.05) is 6.42 Å². The number of carbonyl (C=O) groups excluding carboxylic acids is 1. The first-order valence-corrected chi connectivity index (χ1v) is 3.13. The van der Waals surface area contributed by atoms with Crippen molar-refractivity contribution in [3.63, 3.8) is 0 Å². The summed E-state index contributed by atoms with van der Waals surface area (Å²) < 4.78 is 0. The van der Waals surface area contributed by atoms with E-state index in [-0.39, 0.29) is 0 Å². The summed E-state index contributed by atoms with van der Waals surface area (Å²) in [6.45, 7) is 1.41. The zero-order chi connectivity index (χ0) is 7.11. The molecule has 0 aliphatic carbocycles. The van der Waals surface area contributed by atoms with E-state index >= 15 is 0 Å². The lowest BCUT2D eigenvalue weighted by atomic mass is 10.1. The van der Waals surface area contributed by atoms with E-state index in [1.807, 2.05) is 7.05 Å². The third-order valence-corrected chi connectivity index (χ3v) is 1.26. The molecule has 0 aromatic carbocycles. The number of nitrogens with two attached hydrogens (primary N) is 1. The molecule has 0 radical (unpaired) electrons. The topological polar surface area (TPSA) is 55.1 Å².